The second-order valence-corrected chi connectivity index (χ2v) is 7.90. The topological polar surface area (TPSA) is 67.3 Å². The number of hydrogen-bond acceptors (Lipinski definition) is 4. The molecule has 0 saturated carbocycles. The van der Waals surface area contributed by atoms with Gasteiger partial charge in [0.2, 0.25) is 0 Å². The van der Waals surface area contributed by atoms with Crippen LogP contribution in [0.4, 0.5) is 0 Å². The highest BCUT2D eigenvalue weighted by Gasteiger charge is 2.42. The molecule has 0 aliphatic carbocycles. The third-order valence-corrected chi connectivity index (χ3v) is 6.19. The Hall–Kier alpha value is -1.40. The van der Waals surface area contributed by atoms with Crippen LogP contribution in [0, 0.1) is 0 Å². The lowest BCUT2D eigenvalue weighted by Crippen LogP contribution is -2.35. The van der Waals surface area contributed by atoms with Crippen LogP contribution in [0.25, 0.3) is 10.2 Å². The Bertz CT molecular complexity index is 695. The predicted molar refractivity (Wildman–Crippen MR) is 106 cm³/mol. The summed E-state index contributed by atoms with van der Waals surface area (Å²) in [7, 11) is 0. The molecule has 25 heavy (non-hydrogen) atoms. The number of aliphatic carboxylic acids is 1. The summed E-state index contributed by atoms with van der Waals surface area (Å²) in [6, 6.07) is 7.63. The fraction of sp³-hybridized carbons (Fsp3) is 0.526. The molecule has 1 atom stereocenters. The number of aromatic nitrogens is 1. The molecule has 0 fully saturated rings. The van der Waals surface area contributed by atoms with Gasteiger partial charge in [-0.3, -0.25) is 9.59 Å². The summed E-state index contributed by atoms with van der Waals surface area (Å²) in [6.45, 7) is 2.17. The van der Waals surface area contributed by atoms with Crippen LogP contribution in [0.3, 0.4) is 0 Å². The average Bonchev–Trinajstić information content (AvgIpc) is 3.00. The van der Waals surface area contributed by atoms with E-state index in [4.69, 9.17) is 0 Å². The molecule has 136 valence electrons. The van der Waals surface area contributed by atoms with E-state index in [1.165, 1.54) is 30.6 Å². The van der Waals surface area contributed by atoms with E-state index < -0.39 is 16.5 Å². The first-order valence-electron chi connectivity index (χ1n) is 8.81. The van der Waals surface area contributed by atoms with E-state index in [1.54, 1.807) is 0 Å². The zero-order chi connectivity index (χ0) is 18.3. The minimum Gasteiger partial charge on any atom is -0.481 e. The number of thiazole rings is 1. The van der Waals surface area contributed by atoms with E-state index in [0.29, 0.717) is 11.4 Å². The monoisotopic (exact) mass is 379 g/mol. The van der Waals surface area contributed by atoms with Gasteiger partial charge in [-0.2, -0.15) is 0 Å². The number of para-hydroxylation sites is 1. The largest absolute Gasteiger partial charge is 0.481 e. The van der Waals surface area contributed by atoms with Crippen molar-refractivity contribution in [2.24, 2.45) is 0 Å². The Morgan fingerprint density at radius 3 is 2.48 bits per heavy atom. The Labute approximate surface area is 158 Å². The van der Waals surface area contributed by atoms with Gasteiger partial charge in [0.05, 0.1) is 16.6 Å². The van der Waals surface area contributed by atoms with E-state index in [2.05, 4.69) is 24.5 Å². The number of thiol groups is 1. The number of carbonyl (C=O) groups is 2. The Morgan fingerprint density at radius 1 is 1.16 bits per heavy atom. The molecule has 1 N–H and O–H groups in total. The van der Waals surface area contributed by atoms with E-state index in [0.717, 1.165) is 29.5 Å². The van der Waals surface area contributed by atoms with Crippen molar-refractivity contribution >= 4 is 45.3 Å². The smallest absolute Gasteiger partial charge is 0.304 e. The summed E-state index contributed by atoms with van der Waals surface area (Å²) in [6.07, 6.45) is 6.70. The normalized spacial score (nSPS) is 13.7. The number of fused-ring (bicyclic) bond motifs is 1. The Morgan fingerprint density at radius 2 is 1.84 bits per heavy atom. The molecular formula is C19H25NO3S2. The molecule has 2 rings (SSSR count). The molecule has 1 aromatic heterocycles. The molecule has 1 aromatic carbocycles. The van der Waals surface area contributed by atoms with Gasteiger partial charge in [0, 0.05) is 0 Å². The van der Waals surface area contributed by atoms with Crippen molar-refractivity contribution in [3.05, 3.63) is 29.3 Å². The van der Waals surface area contributed by atoms with Crippen LogP contribution in [-0.2, 0) is 15.0 Å². The number of carbonyl (C=O) groups excluding carboxylic acids is 1. The predicted octanol–water partition coefficient (Wildman–Crippen LogP) is 5.22. The fourth-order valence-corrected chi connectivity index (χ4v) is 4.64. The molecule has 2 aromatic rings. The highest BCUT2D eigenvalue weighted by atomic mass is 32.1. The lowest BCUT2D eigenvalue weighted by molar-refractivity contribution is -0.140. The third kappa shape index (κ3) is 5.05. The number of carboxylic acid groups (broad SMARTS) is 1. The van der Waals surface area contributed by atoms with Crippen molar-refractivity contribution in [3.63, 3.8) is 0 Å². The molecule has 1 heterocycles. The summed E-state index contributed by atoms with van der Waals surface area (Å²) in [5.74, 6) is -0.993. The number of hydrogen-bond donors (Lipinski definition) is 2. The van der Waals surface area contributed by atoms with Gasteiger partial charge in [-0.15, -0.1) is 24.0 Å². The Kier molecular flexibility index (Phi) is 7.44. The molecule has 6 heteroatoms. The first-order valence-corrected chi connectivity index (χ1v) is 10.1. The van der Waals surface area contributed by atoms with E-state index in [-0.39, 0.29) is 6.42 Å². The second kappa shape index (κ2) is 9.34. The van der Waals surface area contributed by atoms with Gasteiger partial charge in [-0.25, -0.2) is 4.98 Å². The van der Waals surface area contributed by atoms with Crippen molar-refractivity contribution in [2.45, 2.75) is 63.7 Å². The summed E-state index contributed by atoms with van der Waals surface area (Å²) in [5.41, 5.74) is -0.335. The van der Waals surface area contributed by atoms with Gasteiger partial charge in [-0.05, 0) is 18.6 Å². The van der Waals surface area contributed by atoms with Crippen LogP contribution in [0.2, 0.25) is 0 Å². The van der Waals surface area contributed by atoms with Gasteiger partial charge in [0.25, 0.3) is 0 Å². The van der Waals surface area contributed by atoms with Crippen LogP contribution in [0.15, 0.2) is 24.3 Å². The van der Waals surface area contributed by atoms with Crippen LogP contribution in [-0.4, -0.2) is 21.2 Å². The maximum atomic E-state index is 12.4. The van der Waals surface area contributed by atoms with Crippen LogP contribution in [0.1, 0.15) is 63.3 Å². The van der Waals surface area contributed by atoms with Gasteiger partial charge in [0.15, 0.2) is 5.12 Å². The maximum Gasteiger partial charge on any atom is 0.304 e. The van der Waals surface area contributed by atoms with Crippen molar-refractivity contribution in [1.82, 2.24) is 4.98 Å². The first kappa shape index (κ1) is 19.9. The molecule has 0 aliphatic rings. The van der Waals surface area contributed by atoms with E-state index in [9.17, 15) is 14.7 Å². The zero-order valence-electron chi connectivity index (χ0n) is 14.5. The number of benzene rings is 1. The highest BCUT2D eigenvalue weighted by molar-refractivity contribution is 7.96. The molecule has 0 saturated heterocycles. The minimum absolute atomic E-state index is 0.260. The molecule has 0 radical (unpaired) electrons. The van der Waals surface area contributed by atoms with Crippen molar-refractivity contribution in [1.29, 1.82) is 0 Å². The van der Waals surface area contributed by atoms with E-state index in [1.807, 2.05) is 24.3 Å². The molecule has 1 unspecified atom stereocenters. The Balaban J connectivity index is 2.24. The molecule has 0 bridgehead atoms. The lowest BCUT2D eigenvalue weighted by Gasteiger charge is -2.26. The summed E-state index contributed by atoms with van der Waals surface area (Å²) in [5, 5.41) is 9.57. The number of unbranched alkanes of at least 4 members (excludes halogenated alkanes) is 5. The molecule has 4 nitrogen and oxygen atoms in total. The summed E-state index contributed by atoms with van der Waals surface area (Å²) in [4.78, 5) is 28.5. The van der Waals surface area contributed by atoms with Crippen LogP contribution in [0.5, 0.6) is 0 Å². The van der Waals surface area contributed by atoms with Crippen molar-refractivity contribution in [2.75, 3.05) is 0 Å². The van der Waals surface area contributed by atoms with Crippen LogP contribution < -0.4 is 0 Å². The fourth-order valence-electron chi connectivity index (χ4n) is 3.09. The SMILES string of the molecule is CCCCCCCCC(CC(=O)O)(C(=O)S)c1nc2ccccc2s1. The molecule has 0 spiro atoms. The standard InChI is InChI=1S/C19H25NO3S2/c1-2-3-4-5-6-9-12-19(18(23)24,13-16(21)22)17-20-14-10-7-8-11-15(14)25-17/h7-8,10-11H,2-6,9,12-13H2,1H3,(H,21,22)(H,23,24). The lowest BCUT2D eigenvalue weighted by atomic mass is 9.81. The molecule has 0 aliphatic heterocycles. The second-order valence-electron chi connectivity index (χ2n) is 6.46. The first-order chi connectivity index (χ1) is 12.0. The summed E-state index contributed by atoms with van der Waals surface area (Å²) < 4.78 is 0.963. The molecule has 0 amide bonds. The average molecular weight is 380 g/mol. The quantitative estimate of drug-likeness (QED) is 0.415. The van der Waals surface area contributed by atoms with Gasteiger partial charge >= 0.3 is 5.97 Å². The van der Waals surface area contributed by atoms with Gasteiger partial charge < -0.3 is 5.11 Å². The molecular weight excluding hydrogens is 354 g/mol. The number of nitrogens with zero attached hydrogens (tertiary/aromatic N) is 1. The number of carboxylic acids is 1. The van der Waals surface area contributed by atoms with Gasteiger partial charge in [0.1, 0.15) is 10.4 Å². The maximum absolute atomic E-state index is 12.4. The van der Waals surface area contributed by atoms with Crippen LogP contribution >= 0.6 is 24.0 Å². The van der Waals surface area contributed by atoms with Crippen molar-refractivity contribution < 1.29 is 14.7 Å². The zero-order valence-corrected chi connectivity index (χ0v) is 16.2. The highest BCUT2D eigenvalue weighted by Crippen LogP contribution is 2.40. The summed E-state index contributed by atoms with van der Waals surface area (Å²) >= 11 is 5.47. The van der Waals surface area contributed by atoms with E-state index >= 15 is 0 Å². The minimum atomic E-state index is -1.14. The number of rotatable bonds is 11. The van der Waals surface area contributed by atoms with Crippen molar-refractivity contribution in [3.8, 4) is 0 Å². The third-order valence-electron chi connectivity index (χ3n) is 4.52. The van der Waals surface area contributed by atoms with Gasteiger partial charge in [-0.1, -0.05) is 57.6 Å².